The molecule has 0 fully saturated rings. The summed E-state index contributed by atoms with van der Waals surface area (Å²) in [5.41, 5.74) is 1.82. The Morgan fingerprint density at radius 3 is 2.10 bits per heavy atom. The van der Waals surface area contributed by atoms with Crippen LogP contribution in [0.25, 0.3) is 0 Å². The van der Waals surface area contributed by atoms with Crippen molar-refractivity contribution >= 4 is 29.3 Å². The van der Waals surface area contributed by atoms with Gasteiger partial charge in [0.2, 0.25) is 16.4 Å². The van der Waals surface area contributed by atoms with E-state index < -0.39 is 0 Å². The third-order valence-electron chi connectivity index (χ3n) is 2.77. The lowest BCUT2D eigenvalue weighted by molar-refractivity contribution is 0.779. The molecule has 6 nitrogen and oxygen atoms in total. The highest BCUT2D eigenvalue weighted by Gasteiger charge is 2.12. The minimum absolute atomic E-state index is 0.179. The first kappa shape index (κ1) is 15.9. The van der Waals surface area contributed by atoms with E-state index in [1.54, 1.807) is 0 Å². The molecule has 21 heavy (non-hydrogen) atoms. The van der Waals surface area contributed by atoms with Gasteiger partial charge in [-0.05, 0) is 57.1 Å². The Morgan fingerprint density at radius 1 is 0.952 bits per heavy atom. The summed E-state index contributed by atoms with van der Waals surface area (Å²) in [5, 5.41) is 1.29. The summed E-state index contributed by atoms with van der Waals surface area (Å²) in [6, 6.07) is 1.92. The molecular formula is C13H17ClN6S. The van der Waals surface area contributed by atoms with E-state index in [0.717, 1.165) is 24.5 Å². The van der Waals surface area contributed by atoms with Crippen LogP contribution in [0.2, 0.25) is 5.28 Å². The van der Waals surface area contributed by atoms with E-state index in [-0.39, 0.29) is 5.28 Å². The van der Waals surface area contributed by atoms with Gasteiger partial charge >= 0.3 is 0 Å². The molecule has 0 saturated heterocycles. The second kappa shape index (κ2) is 7.00. The highest BCUT2D eigenvalue weighted by molar-refractivity contribution is 7.99. The highest BCUT2D eigenvalue weighted by Crippen LogP contribution is 2.24. The summed E-state index contributed by atoms with van der Waals surface area (Å²) in [6.45, 7) is 9.56. The molecular weight excluding hydrogens is 308 g/mol. The van der Waals surface area contributed by atoms with Crippen molar-refractivity contribution in [3.05, 3.63) is 22.7 Å². The lowest BCUT2D eigenvalue weighted by Gasteiger charge is -2.18. The number of nitrogens with zero attached hydrogens (tertiary/aromatic N) is 6. The van der Waals surface area contributed by atoms with Crippen molar-refractivity contribution in [2.75, 3.05) is 18.0 Å². The van der Waals surface area contributed by atoms with Gasteiger partial charge in [0.15, 0.2) is 5.16 Å². The van der Waals surface area contributed by atoms with Crippen LogP contribution in [-0.2, 0) is 0 Å². The number of hydrogen-bond acceptors (Lipinski definition) is 7. The van der Waals surface area contributed by atoms with Gasteiger partial charge in [-0.1, -0.05) is 0 Å². The molecule has 0 atom stereocenters. The lowest BCUT2D eigenvalue weighted by Crippen LogP contribution is -2.24. The minimum atomic E-state index is 0.179. The number of halogens is 1. The van der Waals surface area contributed by atoms with Crippen molar-refractivity contribution < 1.29 is 0 Å². The maximum absolute atomic E-state index is 5.99. The maximum atomic E-state index is 5.99. The zero-order chi connectivity index (χ0) is 15.4. The Balaban J connectivity index is 2.31. The fourth-order valence-corrected chi connectivity index (χ4v) is 2.84. The zero-order valence-electron chi connectivity index (χ0n) is 12.5. The molecule has 0 aromatic carbocycles. The molecule has 2 aromatic heterocycles. The first-order valence-corrected chi connectivity index (χ1v) is 7.88. The average molecular weight is 325 g/mol. The Bertz CT molecular complexity index is 612. The van der Waals surface area contributed by atoms with Crippen LogP contribution >= 0.6 is 23.4 Å². The van der Waals surface area contributed by atoms with Crippen molar-refractivity contribution in [1.82, 2.24) is 24.9 Å². The van der Waals surface area contributed by atoms with E-state index in [1.807, 2.05) is 38.7 Å². The lowest BCUT2D eigenvalue weighted by atomic mass is 10.4. The summed E-state index contributed by atoms with van der Waals surface area (Å²) in [4.78, 5) is 23.5. The van der Waals surface area contributed by atoms with E-state index in [0.29, 0.717) is 16.3 Å². The van der Waals surface area contributed by atoms with Crippen LogP contribution < -0.4 is 4.90 Å². The monoisotopic (exact) mass is 324 g/mol. The van der Waals surface area contributed by atoms with E-state index in [4.69, 9.17) is 11.6 Å². The second-order valence-electron chi connectivity index (χ2n) is 4.39. The fourth-order valence-electron chi connectivity index (χ4n) is 1.84. The van der Waals surface area contributed by atoms with Gasteiger partial charge in [-0.15, -0.1) is 0 Å². The molecule has 0 amide bonds. The summed E-state index contributed by atoms with van der Waals surface area (Å²) in [5.74, 6) is 0.576. The van der Waals surface area contributed by atoms with E-state index in [2.05, 4.69) is 24.9 Å². The van der Waals surface area contributed by atoms with E-state index >= 15 is 0 Å². The van der Waals surface area contributed by atoms with E-state index in [1.165, 1.54) is 11.8 Å². The predicted octanol–water partition coefficient (Wildman–Crippen LogP) is 2.93. The quantitative estimate of drug-likeness (QED) is 0.783. The summed E-state index contributed by atoms with van der Waals surface area (Å²) in [7, 11) is 0. The third-order valence-corrected chi connectivity index (χ3v) is 3.67. The molecule has 8 heteroatoms. The van der Waals surface area contributed by atoms with Gasteiger partial charge in [0.1, 0.15) is 0 Å². The molecule has 0 aliphatic heterocycles. The van der Waals surface area contributed by atoms with Gasteiger partial charge in [0, 0.05) is 24.5 Å². The first-order valence-electron chi connectivity index (χ1n) is 6.68. The van der Waals surface area contributed by atoms with Gasteiger partial charge in [-0.2, -0.15) is 15.0 Å². The number of anilines is 1. The Hall–Kier alpha value is -1.47. The highest BCUT2D eigenvalue weighted by atomic mass is 35.5. The number of hydrogen-bond donors (Lipinski definition) is 0. The van der Waals surface area contributed by atoms with Crippen LogP contribution in [0.3, 0.4) is 0 Å². The summed E-state index contributed by atoms with van der Waals surface area (Å²) in [6.07, 6.45) is 0. The topological polar surface area (TPSA) is 67.7 Å². The predicted molar refractivity (Wildman–Crippen MR) is 84.0 cm³/mol. The second-order valence-corrected chi connectivity index (χ2v) is 5.67. The molecule has 112 valence electrons. The minimum Gasteiger partial charge on any atom is -0.341 e. The van der Waals surface area contributed by atoms with Gasteiger partial charge in [-0.25, -0.2) is 9.97 Å². The van der Waals surface area contributed by atoms with Crippen LogP contribution in [-0.4, -0.2) is 38.0 Å². The Morgan fingerprint density at radius 2 is 1.52 bits per heavy atom. The average Bonchev–Trinajstić information content (AvgIpc) is 2.38. The molecule has 2 heterocycles. The molecule has 0 unspecified atom stereocenters. The van der Waals surface area contributed by atoms with Gasteiger partial charge in [0.25, 0.3) is 0 Å². The molecule has 0 aliphatic carbocycles. The fraction of sp³-hybridized carbons (Fsp3) is 0.462. The Kier molecular flexibility index (Phi) is 5.30. The van der Waals surface area contributed by atoms with E-state index in [9.17, 15) is 0 Å². The molecule has 0 spiro atoms. The number of aromatic nitrogens is 5. The molecule has 2 aromatic rings. The van der Waals surface area contributed by atoms with Crippen LogP contribution in [0, 0.1) is 13.8 Å². The van der Waals surface area contributed by atoms with Crippen LogP contribution in [0.4, 0.5) is 5.95 Å². The molecule has 0 aliphatic rings. The largest absolute Gasteiger partial charge is 0.341 e. The molecule has 0 N–H and O–H groups in total. The van der Waals surface area contributed by atoms with Crippen LogP contribution in [0.15, 0.2) is 16.4 Å². The zero-order valence-corrected chi connectivity index (χ0v) is 14.0. The van der Waals surface area contributed by atoms with Crippen molar-refractivity contribution in [3.8, 4) is 0 Å². The standard InChI is InChI=1S/C13H17ClN6S/c1-5-20(6-2)11-17-10(14)18-13(19-11)21-12-15-8(3)7-9(4)16-12/h7H,5-6H2,1-4H3. The Labute approximate surface area is 133 Å². The van der Waals surface area contributed by atoms with Crippen LogP contribution in [0.1, 0.15) is 25.2 Å². The molecule has 0 radical (unpaired) electrons. The van der Waals surface area contributed by atoms with Crippen molar-refractivity contribution in [3.63, 3.8) is 0 Å². The van der Waals surface area contributed by atoms with Crippen molar-refractivity contribution in [2.45, 2.75) is 38.0 Å². The van der Waals surface area contributed by atoms with Crippen LogP contribution in [0.5, 0.6) is 0 Å². The molecule has 0 bridgehead atoms. The van der Waals surface area contributed by atoms with Gasteiger partial charge in [-0.3, -0.25) is 0 Å². The SMILES string of the molecule is CCN(CC)c1nc(Cl)nc(Sc2nc(C)cc(C)n2)n1. The summed E-state index contributed by atoms with van der Waals surface area (Å²) >= 11 is 7.28. The van der Waals surface area contributed by atoms with Gasteiger partial charge in [0.05, 0.1) is 0 Å². The van der Waals surface area contributed by atoms with Crippen molar-refractivity contribution in [1.29, 1.82) is 0 Å². The molecule has 2 rings (SSSR count). The van der Waals surface area contributed by atoms with Gasteiger partial charge < -0.3 is 4.90 Å². The third kappa shape index (κ3) is 4.25. The first-order chi connectivity index (χ1) is 10.0. The van der Waals surface area contributed by atoms with Crippen molar-refractivity contribution in [2.24, 2.45) is 0 Å². The molecule has 0 saturated carbocycles. The normalized spacial score (nSPS) is 10.7. The summed E-state index contributed by atoms with van der Waals surface area (Å²) < 4.78 is 0. The smallest absolute Gasteiger partial charge is 0.230 e. The number of rotatable bonds is 5. The number of aryl methyl sites for hydroxylation is 2. The maximum Gasteiger partial charge on any atom is 0.230 e.